The minimum atomic E-state index is 0.0418. The number of para-hydroxylation sites is 1. The maximum Gasteiger partial charge on any atom is 0.242 e. The Balaban J connectivity index is 1.35. The van der Waals surface area contributed by atoms with E-state index in [-0.39, 0.29) is 6.71 Å². The lowest BCUT2D eigenvalue weighted by Gasteiger charge is -2.20. The van der Waals surface area contributed by atoms with E-state index in [9.17, 15) is 0 Å². The van der Waals surface area contributed by atoms with Gasteiger partial charge in [0.2, 0.25) is 6.71 Å². The molecule has 0 N–H and O–H groups in total. The van der Waals surface area contributed by atoms with Crippen molar-refractivity contribution in [2.45, 2.75) is 0 Å². The molecule has 0 aliphatic carbocycles. The van der Waals surface area contributed by atoms with Crippen LogP contribution in [0.5, 0.6) is 0 Å². The first-order chi connectivity index (χ1) is 21.8. The van der Waals surface area contributed by atoms with Crippen LogP contribution >= 0.6 is 0 Å². The highest BCUT2D eigenvalue weighted by Crippen LogP contribution is 2.37. The summed E-state index contributed by atoms with van der Waals surface area (Å²) in [5.41, 5.74) is 15.7. The topological polar surface area (TPSA) is 13.1 Å². The van der Waals surface area contributed by atoms with Crippen LogP contribution in [-0.2, 0) is 0 Å². The molecule has 204 valence electrons. The van der Waals surface area contributed by atoms with E-state index in [0.717, 1.165) is 21.9 Å². The standard InChI is InChI=1S/C42H27BO/c1-3-11-28(12-4-1)30-19-22-39-36(25-30)33-15-7-8-16-34(33)37-26-31(29-13-5-2-6-14-29)20-23-40(37)43(39)32-21-24-42-38(27-32)35-17-9-10-18-41(35)44-42/h1-27H. The predicted molar refractivity (Wildman–Crippen MR) is 187 cm³/mol. The van der Waals surface area contributed by atoms with Crippen LogP contribution < -0.4 is 16.4 Å². The van der Waals surface area contributed by atoms with Gasteiger partial charge >= 0.3 is 0 Å². The van der Waals surface area contributed by atoms with E-state index in [1.807, 2.05) is 6.07 Å². The van der Waals surface area contributed by atoms with Crippen molar-refractivity contribution < 1.29 is 4.42 Å². The summed E-state index contributed by atoms with van der Waals surface area (Å²) >= 11 is 0. The van der Waals surface area contributed by atoms with Gasteiger partial charge in [0.05, 0.1) is 0 Å². The summed E-state index contributed by atoms with van der Waals surface area (Å²) in [6.45, 7) is 0.0418. The Kier molecular flexibility index (Phi) is 5.67. The molecule has 1 nitrogen and oxygen atoms in total. The number of rotatable bonds is 3. The molecule has 44 heavy (non-hydrogen) atoms. The van der Waals surface area contributed by atoms with Crippen LogP contribution in [0.2, 0.25) is 0 Å². The number of furan rings is 1. The molecule has 1 aromatic heterocycles. The first-order valence-corrected chi connectivity index (χ1v) is 15.2. The normalized spacial score (nSPS) is 12.0. The quantitative estimate of drug-likeness (QED) is 0.197. The minimum absolute atomic E-state index is 0.0418. The molecule has 2 heteroatoms. The molecule has 1 aliphatic rings. The van der Waals surface area contributed by atoms with Crippen molar-refractivity contribution in [2.24, 2.45) is 0 Å². The first kappa shape index (κ1) is 25.0. The highest BCUT2D eigenvalue weighted by molar-refractivity contribution is 6.97. The number of fused-ring (bicyclic) bond motifs is 8. The molecule has 0 atom stereocenters. The van der Waals surface area contributed by atoms with Crippen LogP contribution in [0.3, 0.4) is 0 Å². The van der Waals surface area contributed by atoms with Gasteiger partial charge in [-0.2, -0.15) is 0 Å². The van der Waals surface area contributed by atoms with E-state index in [1.165, 1.54) is 60.9 Å². The van der Waals surface area contributed by atoms with E-state index in [4.69, 9.17) is 4.42 Å². The van der Waals surface area contributed by atoms with Gasteiger partial charge in [-0.25, -0.2) is 0 Å². The second-order valence-electron chi connectivity index (χ2n) is 11.7. The molecule has 0 saturated carbocycles. The van der Waals surface area contributed by atoms with Gasteiger partial charge in [-0.05, 0) is 68.8 Å². The molecular weight excluding hydrogens is 531 g/mol. The third kappa shape index (κ3) is 3.96. The van der Waals surface area contributed by atoms with Gasteiger partial charge in [-0.1, -0.05) is 156 Å². The largest absolute Gasteiger partial charge is 0.456 e. The summed E-state index contributed by atoms with van der Waals surface area (Å²) < 4.78 is 6.24. The van der Waals surface area contributed by atoms with Gasteiger partial charge in [-0.3, -0.25) is 0 Å². The minimum Gasteiger partial charge on any atom is -0.456 e. The Labute approximate surface area is 257 Å². The summed E-state index contributed by atoms with van der Waals surface area (Å²) in [6, 6.07) is 59.5. The molecule has 0 spiro atoms. The Morgan fingerprint density at radius 1 is 0.341 bits per heavy atom. The van der Waals surface area contributed by atoms with Crippen molar-refractivity contribution in [1.82, 2.24) is 0 Å². The van der Waals surface area contributed by atoms with Crippen LogP contribution in [-0.4, -0.2) is 6.71 Å². The fourth-order valence-electron chi connectivity index (χ4n) is 7.11. The third-order valence-corrected chi connectivity index (χ3v) is 9.18. The zero-order valence-corrected chi connectivity index (χ0v) is 24.1. The monoisotopic (exact) mass is 558 g/mol. The molecule has 9 rings (SSSR count). The van der Waals surface area contributed by atoms with E-state index in [0.29, 0.717) is 0 Å². The van der Waals surface area contributed by atoms with Gasteiger partial charge in [0.1, 0.15) is 11.2 Å². The smallest absolute Gasteiger partial charge is 0.242 e. The van der Waals surface area contributed by atoms with Crippen LogP contribution in [0.1, 0.15) is 0 Å². The van der Waals surface area contributed by atoms with E-state index < -0.39 is 0 Å². The van der Waals surface area contributed by atoms with Gasteiger partial charge in [0.15, 0.2) is 0 Å². The SMILES string of the molecule is c1ccc(-c2ccc3c(c2)-c2ccccc2-c2cc(-c4ccccc4)ccc2B3c2ccc3oc4ccccc4c3c2)cc1. The van der Waals surface area contributed by atoms with Crippen LogP contribution in [0.25, 0.3) is 66.4 Å². The summed E-state index contributed by atoms with van der Waals surface area (Å²) in [5.74, 6) is 0. The van der Waals surface area contributed by atoms with Crippen molar-refractivity contribution >= 4 is 45.0 Å². The van der Waals surface area contributed by atoms with E-state index >= 15 is 0 Å². The molecule has 7 aromatic carbocycles. The Bertz CT molecular complexity index is 2220. The van der Waals surface area contributed by atoms with Crippen molar-refractivity contribution in [2.75, 3.05) is 0 Å². The highest BCUT2D eigenvalue weighted by atomic mass is 16.3. The van der Waals surface area contributed by atoms with Gasteiger partial charge in [0.25, 0.3) is 0 Å². The van der Waals surface area contributed by atoms with Crippen molar-refractivity contribution in [1.29, 1.82) is 0 Å². The molecule has 2 heterocycles. The summed E-state index contributed by atoms with van der Waals surface area (Å²) in [4.78, 5) is 0. The van der Waals surface area contributed by atoms with Crippen molar-refractivity contribution in [3.63, 3.8) is 0 Å². The average molecular weight is 558 g/mol. The fraction of sp³-hybridized carbons (Fsp3) is 0. The van der Waals surface area contributed by atoms with E-state index in [1.54, 1.807) is 0 Å². The second kappa shape index (κ2) is 10.0. The Morgan fingerprint density at radius 3 is 1.48 bits per heavy atom. The summed E-state index contributed by atoms with van der Waals surface area (Å²) in [5, 5.41) is 2.31. The highest BCUT2D eigenvalue weighted by Gasteiger charge is 2.32. The molecule has 8 aromatic rings. The summed E-state index contributed by atoms with van der Waals surface area (Å²) in [7, 11) is 0. The second-order valence-corrected chi connectivity index (χ2v) is 11.7. The molecule has 0 fully saturated rings. The van der Waals surface area contributed by atoms with Crippen molar-refractivity contribution in [3.8, 4) is 44.5 Å². The van der Waals surface area contributed by atoms with Gasteiger partial charge in [0, 0.05) is 10.8 Å². The summed E-state index contributed by atoms with van der Waals surface area (Å²) in [6.07, 6.45) is 0. The Hall–Kier alpha value is -5.60. The lowest BCUT2D eigenvalue weighted by atomic mass is 9.35. The molecule has 0 unspecified atom stereocenters. The zero-order chi connectivity index (χ0) is 29.0. The maximum absolute atomic E-state index is 6.24. The number of hydrogen-bond acceptors (Lipinski definition) is 1. The molecule has 0 amide bonds. The molecule has 0 bridgehead atoms. The van der Waals surface area contributed by atoms with Crippen molar-refractivity contribution in [3.05, 3.63) is 164 Å². The molecule has 0 radical (unpaired) electrons. The zero-order valence-electron chi connectivity index (χ0n) is 24.1. The maximum atomic E-state index is 6.24. The van der Waals surface area contributed by atoms with Gasteiger partial charge < -0.3 is 4.42 Å². The van der Waals surface area contributed by atoms with Crippen LogP contribution in [0, 0.1) is 0 Å². The average Bonchev–Trinajstić information content (AvgIpc) is 3.42. The fourth-order valence-corrected chi connectivity index (χ4v) is 7.11. The lowest BCUT2D eigenvalue weighted by Crippen LogP contribution is -2.52. The molecule has 0 saturated heterocycles. The number of benzene rings is 7. The lowest BCUT2D eigenvalue weighted by molar-refractivity contribution is 0.669. The predicted octanol–water partition coefficient (Wildman–Crippen LogP) is 9.08. The van der Waals surface area contributed by atoms with Crippen LogP contribution in [0.4, 0.5) is 0 Å². The first-order valence-electron chi connectivity index (χ1n) is 15.2. The van der Waals surface area contributed by atoms with Crippen LogP contribution in [0.15, 0.2) is 168 Å². The third-order valence-electron chi connectivity index (χ3n) is 9.18. The van der Waals surface area contributed by atoms with E-state index in [2.05, 4.69) is 158 Å². The molecular formula is C42H27BO. The van der Waals surface area contributed by atoms with Gasteiger partial charge in [-0.15, -0.1) is 0 Å². The molecule has 1 aliphatic heterocycles. The Morgan fingerprint density at radius 2 is 0.864 bits per heavy atom. The number of hydrogen-bond donors (Lipinski definition) is 0.